The Labute approximate surface area is 119 Å². The van der Waals surface area contributed by atoms with Gasteiger partial charge in [0.05, 0.1) is 6.61 Å². The summed E-state index contributed by atoms with van der Waals surface area (Å²) in [6.45, 7) is 0.653. The molecule has 0 unspecified atom stereocenters. The van der Waals surface area contributed by atoms with Crippen LogP contribution in [0.3, 0.4) is 0 Å². The molecule has 1 spiro atoms. The van der Waals surface area contributed by atoms with Crippen LogP contribution in [0.5, 0.6) is 0 Å². The fraction of sp³-hybridized carbons (Fsp3) is 0.800. The van der Waals surface area contributed by atoms with Crippen molar-refractivity contribution in [3.8, 4) is 0 Å². The SMILES string of the molecule is COCOCC1=C[C@@H]2OC3(CCCCC3)O[C@@H]2C(=O)C1. The molecular weight excluding hydrogens is 260 g/mol. The highest BCUT2D eigenvalue weighted by molar-refractivity contribution is 5.88. The Balaban J connectivity index is 1.67. The minimum atomic E-state index is -0.511. The minimum absolute atomic E-state index is 0.107. The van der Waals surface area contributed by atoms with Crippen LogP contribution in [-0.2, 0) is 23.7 Å². The van der Waals surface area contributed by atoms with E-state index >= 15 is 0 Å². The van der Waals surface area contributed by atoms with Gasteiger partial charge in [0.15, 0.2) is 11.6 Å². The molecule has 1 aliphatic heterocycles. The molecule has 1 saturated carbocycles. The molecule has 3 aliphatic rings. The molecule has 20 heavy (non-hydrogen) atoms. The van der Waals surface area contributed by atoms with Gasteiger partial charge in [-0.15, -0.1) is 0 Å². The molecule has 112 valence electrons. The number of ketones is 1. The fourth-order valence-electron chi connectivity index (χ4n) is 3.30. The van der Waals surface area contributed by atoms with Gasteiger partial charge in [-0.1, -0.05) is 12.5 Å². The summed E-state index contributed by atoms with van der Waals surface area (Å²) in [4.78, 5) is 12.2. The summed E-state index contributed by atoms with van der Waals surface area (Å²) in [6.07, 6.45) is 6.99. The smallest absolute Gasteiger partial charge is 0.170 e. The van der Waals surface area contributed by atoms with Gasteiger partial charge in [0.1, 0.15) is 19.0 Å². The Morgan fingerprint density at radius 2 is 2.10 bits per heavy atom. The number of rotatable bonds is 4. The van der Waals surface area contributed by atoms with Crippen LogP contribution in [0.25, 0.3) is 0 Å². The molecule has 0 radical (unpaired) electrons. The van der Waals surface area contributed by atoms with Gasteiger partial charge in [-0.3, -0.25) is 4.79 Å². The number of hydrogen-bond donors (Lipinski definition) is 0. The van der Waals surface area contributed by atoms with Crippen LogP contribution in [0.1, 0.15) is 38.5 Å². The van der Waals surface area contributed by atoms with Gasteiger partial charge in [-0.25, -0.2) is 0 Å². The second-order valence-electron chi connectivity index (χ2n) is 5.82. The van der Waals surface area contributed by atoms with Gasteiger partial charge in [0.2, 0.25) is 0 Å². The highest BCUT2D eigenvalue weighted by Crippen LogP contribution is 2.43. The van der Waals surface area contributed by atoms with E-state index in [1.54, 1.807) is 7.11 Å². The van der Waals surface area contributed by atoms with Crippen molar-refractivity contribution >= 4 is 5.78 Å². The summed E-state index contributed by atoms with van der Waals surface area (Å²) in [5.41, 5.74) is 0.963. The predicted molar refractivity (Wildman–Crippen MR) is 71.1 cm³/mol. The maximum atomic E-state index is 12.2. The Morgan fingerprint density at radius 3 is 2.85 bits per heavy atom. The predicted octanol–water partition coefficient (Wildman–Crippen LogP) is 1.95. The lowest BCUT2D eigenvalue weighted by molar-refractivity contribution is -0.192. The molecule has 2 aliphatic carbocycles. The van der Waals surface area contributed by atoms with Crippen molar-refractivity contribution in [1.29, 1.82) is 0 Å². The van der Waals surface area contributed by atoms with Crippen molar-refractivity contribution in [2.24, 2.45) is 0 Å². The minimum Gasteiger partial charge on any atom is -0.359 e. The van der Waals surface area contributed by atoms with Crippen molar-refractivity contribution in [3.05, 3.63) is 11.6 Å². The highest BCUT2D eigenvalue weighted by Gasteiger charge is 2.51. The number of fused-ring (bicyclic) bond motifs is 1. The Bertz CT molecular complexity index is 397. The van der Waals surface area contributed by atoms with E-state index < -0.39 is 11.9 Å². The summed E-state index contributed by atoms with van der Waals surface area (Å²) in [6, 6.07) is 0. The number of ether oxygens (including phenoxy) is 4. The third-order valence-corrected chi connectivity index (χ3v) is 4.21. The molecule has 2 atom stereocenters. The first-order valence-electron chi connectivity index (χ1n) is 7.37. The number of carbonyl (C=O) groups excluding carboxylic acids is 1. The lowest BCUT2D eigenvalue weighted by atomic mass is 9.94. The standard InChI is InChI=1S/C15H22O5/c1-17-10-18-9-11-7-12(16)14-13(8-11)19-15(20-14)5-3-2-4-6-15/h8,13-14H,2-7,9-10H2,1H3/t13-,14+/m0/s1. The second kappa shape index (κ2) is 5.93. The van der Waals surface area contributed by atoms with E-state index in [1.807, 2.05) is 6.08 Å². The highest BCUT2D eigenvalue weighted by atomic mass is 16.8. The van der Waals surface area contributed by atoms with Crippen molar-refractivity contribution in [2.75, 3.05) is 20.5 Å². The first-order chi connectivity index (χ1) is 9.72. The van der Waals surface area contributed by atoms with Crippen molar-refractivity contribution in [3.63, 3.8) is 0 Å². The first kappa shape index (κ1) is 14.2. The molecule has 5 heteroatoms. The Morgan fingerprint density at radius 1 is 1.30 bits per heavy atom. The fourth-order valence-corrected chi connectivity index (χ4v) is 3.30. The molecule has 5 nitrogen and oxygen atoms in total. The van der Waals surface area contributed by atoms with Crippen LogP contribution in [0, 0.1) is 0 Å². The summed E-state index contributed by atoms with van der Waals surface area (Å²) in [7, 11) is 1.58. The van der Waals surface area contributed by atoms with Gasteiger partial charge < -0.3 is 18.9 Å². The van der Waals surface area contributed by atoms with E-state index in [-0.39, 0.29) is 18.7 Å². The van der Waals surface area contributed by atoms with Gasteiger partial charge >= 0.3 is 0 Å². The number of methoxy groups -OCH3 is 1. The van der Waals surface area contributed by atoms with Crippen molar-refractivity contribution < 1.29 is 23.7 Å². The van der Waals surface area contributed by atoms with Gasteiger partial charge in [-0.05, 0) is 18.4 Å². The Hall–Kier alpha value is -0.750. The van der Waals surface area contributed by atoms with Crippen LogP contribution < -0.4 is 0 Å². The van der Waals surface area contributed by atoms with Crippen LogP contribution in [0.4, 0.5) is 0 Å². The van der Waals surface area contributed by atoms with Crippen molar-refractivity contribution in [1.82, 2.24) is 0 Å². The van der Waals surface area contributed by atoms with E-state index in [0.717, 1.165) is 31.3 Å². The van der Waals surface area contributed by atoms with Gasteiger partial charge in [0.25, 0.3) is 0 Å². The van der Waals surface area contributed by atoms with Crippen molar-refractivity contribution in [2.45, 2.75) is 56.5 Å². The zero-order chi connectivity index (χ0) is 14.0. The third kappa shape index (κ3) is 2.81. The molecule has 0 amide bonds. The molecular formula is C15H22O5. The van der Waals surface area contributed by atoms with Crippen LogP contribution in [0.15, 0.2) is 11.6 Å². The van der Waals surface area contributed by atoms with E-state index in [9.17, 15) is 4.79 Å². The number of Topliss-reactive ketones (excluding diaryl/α,β-unsaturated/α-hetero) is 1. The topological polar surface area (TPSA) is 54.0 Å². The molecule has 0 aromatic carbocycles. The third-order valence-electron chi connectivity index (χ3n) is 4.21. The maximum Gasteiger partial charge on any atom is 0.170 e. The number of carbonyl (C=O) groups is 1. The quantitative estimate of drug-likeness (QED) is 0.448. The maximum absolute atomic E-state index is 12.2. The Kier molecular flexibility index (Phi) is 4.21. The average Bonchev–Trinajstić information content (AvgIpc) is 2.78. The zero-order valence-electron chi connectivity index (χ0n) is 11.9. The summed E-state index contributed by atoms with van der Waals surface area (Å²) < 4.78 is 22.3. The molecule has 1 heterocycles. The lowest BCUT2D eigenvalue weighted by Gasteiger charge is -2.31. The second-order valence-corrected chi connectivity index (χ2v) is 5.82. The largest absolute Gasteiger partial charge is 0.359 e. The normalized spacial score (nSPS) is 32.2. The molecule has 3 rings (SSSR count). The summed E-state index contributed by atoms with van der Waals surface area (Å²) >= 11 is 0. The van der Waals surface area contributed by atoms with Crippen LogP contribution in [0.2, 0.25) is 0 Å². The molecule has 0 bridgehead atoms. The summed E-state index contributed by atoms with van der Waals surface area (Å²) in [5.74, 6) is -0.404. The van der Waals surface area contributed by atoms with E-state index in [0.29, 0.717) is 13.0 Å². The molecule has 0 aromatic heterocycles. The molecule has 0 N–H and O–H groups in total. The van der Waals surface area contributed by atoms with Gasteiger partial charge in [-0.2, -0.15) is 0 Å². The molecule has 2 fully saturated rings. The first-order valence-corrected chi connectivity index (χ1v) is 7.37. The van der Waals surface area contributed by atoms with Crippen LogP contribution in [-0.4, -0.2) is 44.3 Å². The van der Waals surface area contributed by atoms with E-state index in [2.05, 4.69) is 0 Å². The zero-order valence-corrected chi connectivity index (χ0v) is 11.9. The average molecular weight is 282 g/mol. The summed E-state index contributed by atoms with van der Waals surface area (Å²) in [5, 5.41) is 0. The monoisotopic (exact) mass is 282 g/mol. The lowest BCUT2D eigenvalue weighted by Crippen LogP contribution is -2.36. The van der Waals surface area contributed by atoms with Gasteiger partial charge in [0, 0.05) is 26.4 Å². The molecule has 0 aromatic rings. The number of hydrogen-bond acceptors (Lipinski definition) is 5. The van der Waals surface area contributed by atoms with E-state index in [1.165, 1.54) is 6.42 Å². The van der Waals surface area contributed by atoms with E-state index in [4.69, 9.17) is 18.9 Å². The molecule has 1 saturated heterocycles. The van der Waals surface area contributed by atoms with Crippen LogP contribution >= 0.6 is 0 Å².